The summed E-state index contributed by atoms with van der Waals surface area (Å²) in [6.07, 6.45) is -4.69. The molecule has 2 rings (SSSR count). The fourth-order valence-corrected chi connectivity index (χ4v) is 4.10. The number of carbonyl (C=O) groups excluding carboxylic acids is 2. The zero-order valence-corrected chi connectivity index (χ0v) is 17.4. The highest BCUT2D eigenvalue weighted by Crippen LogP contribution is 2.34. The lowest BCUT2D eigenvalue weighted by Crippen LogP contribution is -2.45. The van der Waals surface area contributed by atoms with Crippen LogP contribution in [0.25, 0.3) is 0 Å². The quantitative estimate of drug-likeness (QED) is 0.507. The van der Waals surface area contributed by atoms with E-state index in [4.69, 9.17) is 0 Å². The van der Waals surface area contributed by atoms with E-state index >= 15 is 0 Å². The van der Waals surface area contributed by atoms with Crippen molar-refractivity contribution in [1.29, 1.82) is 0 Å². The van der Waals surface area contributed by atoms with E-state index in [1.807, 2.05) is 0 Å². The minimum atomic E-state index is -4.69. The molecule has 6 nitrogen and oxygen atoms in total. The molecule has 1 atom stereocenters. The van der Waals surface area contributed by atoms with Gasteiger partial charge in [-0.05, 0) is 50.2 Å². The van der Waals surface area contributed by atoms with Gasteiger partial charge in [0.1, 0.15) is 11.1 Å². The third-order valence-electron chi connectivity index (χ3n) is 4.49. The largest absolute Gasteiger partial charge is 0.418 e. The van der Waals surface area contributed by atoms with Crippen LogP contribution in [0.2, 0.25) is 0 Å². The number of para-hydroxylation sites is 1. The van der Waals surface area contributed by atoms with Crippen molar-refractivity contribution < 1.29 is 35.6 Å². The third kappa shape index (κ3) is 5.81. The van der Waals surface area contributed by atoms with Crippen LogP contribution >= 0.6 is 0 Å². The first-order valence-electron chi connectivity index (χ1n) is 9.12. The second kappa shape index (κ2) is 9.46. The van der Waals surface area contributed by atoms with E-state index in [-0.39, 0.29) is 11.4 Å². The van der Waals surface area contributed by atoms with E-state index in [1.165, 1.54) is 19.1 Å². The molecule has 0 fully saturated rings. The van der Waals surface area contributed by atoms with Gasteiger partial charge in [-0.25, -0.2) is 12.8 Å². The lowest BCUT2D eigenvalue weighted by atomic mass is 10.1. The molecular weight excluding hydrogens is 440 g/mol. The average molecular weight is 460 g/mol. The molecule has 0 saturated heterocycles. The monoisotopic (exact) mass is 460 g/mol. The molecule has 0 bridgehead atoms. The fourth-order valence-electron chi connectivity index (χ4n) is 2.77. The van der Waals surface area contributed by atoms with Crippen LogP contribution in [0.3, 0.4) is 0 Å². The number of nitrogens with one attached hydrogen (secondary N) is 1. The van der Waals surface area contributed by atoms with E-state index in [0.29, 0.717) is 0 Å². The van der Waals surface area contributed by atoms with Crippen molar-refractivity contribution in [3.05, 3.63) is 59.9 Å². The Hall–Kier alpha value is -2.95. The summed E-state index contributed by atoms with van der Waals surface area (Å²) in [7, 11) is -4.17. The van der Waals surface area contributed by atoms with Gasteiger partial charge in [-0.1, -0.05) is 12.1 Å². The topological polar surface area (TPSA) is 83.6 Å². The second-order valence-electron chi connectivity index (χ2n) is 6.59. The summed E-state index contributed by atoms with van der Waals surface area (Å²) >= 11 is 0. The predicted octanol–water partition coefficient (Wildman–Crippen LogP) is 3.49. The normalized spacial score (nSPS) is 12.8. The number of nitrogens with zero attached hydrogens (tertiary/aromatic N) is 1. The molecule has 0 aliphatic heterocycles. The average Bonchev–Trinajstić information content (AvgIpc) is 2.70. The van der Waals surface area contributed by atoms with E-state index in [9.17, 15) is 35.6 Å². The number of halogens is 4. The molecular formula is C20H20F4N2O4S. The highest BCUT2D eigenvalue weighted by molar-refractivity contribution is 7.92. The zero-order valence-electron chi connectivity index (χ0n) is 16.6. The van der Waals surface area contributed by atoms with Crippen LogP contribution in [0, 0.1) is 5.82 Å². The molecule has 0 spiro atoms. The van der Waals surface area contributed by atoms with Gasteiger partial charge in [0.25, 0.3) is 0 Å². The van der Waals surface area contributed by atoms with Crippen LogP contribution in [0.1, 0.15) is 19.4 Å². The number of hydrogen-bond acceptors (Lipinski definition) is 4. The number of carbonyl (C=O) groups is 2. The maximum Gasteiger partial charge on any atom is 0.418 e. The molecule has 168 valence electrons. The molecule has 2 aromatic rings. The van der Waals surface area contributed by atoms with Gasteiger partial charge in [0.15, 0.2) is 9.84 Å². The van der Waals surface area contributed by atoms with Gasteiger partial charge in [0.2, 0.25) is 11.8 Å². The molecule has 0 aromatic heterocycles. The summed E-state index contributed by atoms with van der Waals surface area (Å²) in [4.78, 5) is 25.6. The van der Waals surface area contributed by atoms with Crippen LogP contribution in [0.15, 0.2) is 53.4 Å². The van der Waals surface area contributed by atoms with Gasteiger partial charge in [0.05, 0.1) is 22.7 Å². The van der Waals surface area contributed by atoms with Gasteiger partial charge in [-0.15, -0.1) is 0 Å². The molecule has 0 saturated carbocycles. The van der Waals surface area contributed by atoms with Crippen molar-refractivity contribution in [1.82, 2.24) is 4.90 Å². The Labute approximate surface area is 176 Å². The van der Waals surface area contributed by atoms with Gasteiger partial charge in [-0.2, -0.15) is 13.2 Å². The summed E-state index contributed by atoms with van der Waals surface area (Å²) in [5.41, 5.74) is -1.53. The zero-order chi connectivity index (χ0) is 23.4. The van der Waals surface area contributed by atoms with Crippen molar-refractivity contribution in [2.24, 2.45) is 0 Å². The first-order valence-corrected chi connectivity index (χ1v) is 10.7. The van der Waals surface area contributed by atoms with Gasteiger partial charge < -0.3 is 10.2 Å². The SMILES string of the molecule is CCN(CC(=O)Nc1ccccc1C(F)(F)F)C(=O)C(C)S(=O)(=O)c1ccc(F)cc1. The Morgan fingerprint density at radius 3 is 2.19 bits per heavy atom. The number of hydrogen-bond donors (Lipinski definition) is 1. The Morgan fingerprint density at radius 1 is 1.06 bits per heavy atom. The predicted molar refractivity (Wildman–Crippen MR) is 105 cm³/mol. The number of sulfone groups is 1. The lowest BCUT2D eigenvalue weighted by molar-refractivity contribution is -0.137. The van der Waals surface area contributed by atoms with Gasteiger partial charge >= 0.3 is 6.18 Å². The van der Waals surface area contributed by atoms with Crippen molar-refractivity contribution in [2.75, 3.05) is 18.4 Å². The lowest BCUT2D eigenvalue weighted by Gasteiger charge is -2.24. The summed E-state index contributed by atoms with van der Waals surface area (Å²) in [6.45, 7) is 1.91. The van der Waals surface area contributed by atoms with Gasteiger partial charge in [-0.3, -0.25) is 9.59 Å². The van der Waals surface area contributed by atoms with Crippen molar-refractivity contribution >= 4 is 27.3 Å². The van der Waals surface area contributed by atoms with Crippen LogP contribution < -0.4 is 5.32 Å². The van der Waals surface area contributed by atoms with Crippen LogP contribution in [-0.2, 0) is 25.6 Å². The number of benzene rings is 2. The highest BCUT2D eigenvalue weighted by atomic mass is 32.2. The molecule has 0 aliphatic rings. The first-order chi connectivity index (χ1) is 14.4. The standard InChI is InChI=1S/C20H20F4N2O4S/c1-3-26(12-18(27)25-17-7-5-4-6-16(17)20(22,23)24)19(28)13(2)31(29,30)15-10-8-14(21)9-11-15/h4-11,13H,3,12H2,1-2H3,(H,25,27). The van der Waals surface area contributed by atoms with Crippen molar-refractivity contribution in [3.8, 4) is 0 Å². The van der Waals surface area contributed by atoms with E-state index < -0.39 is 56.7 Å². The minimum absolute atomic E-state index is 0.0591. The molecule has 0 radical (unpaired) electrons. The molecule has 2 aromatic carbocycles. The number of alkyl halides is 3. The maximum absolute atomic E-state index is 13.1. The summed E-state index contributed by atoms with van der Waals surface area (Å²) in [6, 6.07) is 8.26. The molecule has 0 aliphatic carbocycles. The van der Waals surface area contributed by atoms with Crippen LogP contribution in [0.5, 0.6) is 0 Å². The molecule has 1 unspecified atom stereocenters. The Bertz CT molecular complexity index is 1050. The third-order valence-corrected chi connectivity index (χ3v) is 6.55. The minimum Gasteiger partial charge on any atom is -0.333 e. The van der Waals surface area contributed by atoms with E-state index in [2.05, 4.69) is 5.32 Å². The summed E-state index contributed by atoms with van der Waals surface area (Å²) < 4.78 is 77.6. The molecule has 31 heavy (non-hydrogen) atoms. The van der Waals surface area contributed by atoms with E-state index in [1.54, 1.807) is 0 Å². The van der Waals surface area contributed by atoms with Gasteiger partial charge in [0, 0.05) is 6.54 Å². The Balaban J connectivity index is 2.16. The summed E-state index contributed by atoms with van der Waals surface area (Å²) in [5.74, 6) is -2.48. The fraction of sp³-hybridized carbons (Fsp3) is 0.300. The van der Waals surface area contributed by atoms with Crippen molar-refractivity contribution in [2.45, 2.75) is 30.2 Å². The number of rotatable bonds is 7. The number of anilines is 1. The van der Waals surface area contributed by atoms with E-state index in [0.717, 1.165) is 48.2 Å². The molecule has 0 heterocycles. The number of amides is 2. The van der Waals surface area contributed by atoms with Crippen LogP contribution in [0.4, 0.5) is 23.2 Å². The molecule has 11 heteroatoms. The maximum atomic E-state index is 13.1. The number of likely N-dealkylation sites (N-methyl/N-ethyl adjacent to an activating group) is 1. The highest BCUT2D eigenvalue weighted by Gasteiger charge is 2.35. The smallest absolute Gasteiger partial charge is 0.333 e. The van der Waals surface area contributed by atoms with Crippen molar-refractivity contribution in [3.63, 3.8) is 0 Å². The first kappa shape index (κ1) is 24.3. The molecule has 2 amide bonds. The summed E-state index contributed by atoms with van der Waals surface area (Å²) in [5, 5.41) is 0.519. The Morgan fingerprint density at radius 2 is 1.65 bits per heavy atom. The Kier molecular flexibility index (Phi) is 7.42. The van der Waals surface area contributed by atoms with Crippen LogP contribution in [-0.4, -0.2) is 43.5 Å². The molecule has 1 N–H and O–H groups in total. The second-order valence-corrected chi connectivity index (χ2v) is 8.85.